The fourth-order valence-electron chi connectivity index (χ4n) is 3.13. The van der Waals surface area contributed by atoms with Crippen LogP contribution in [0.3, 0.4) is 0 Å². The number of para-hydroxylation sites is 2. The van der Waals surface area contributed by atoms with Gasteiger partial charge in [0.2, 0.25) is 5.88 Å². The summed E-state index contributed by atoms with van der Waals surface area (Å²) in [5.74, 6) is 1.63. The Morgan fingerprint density at radius 1 is 1.29 bits per heavy atom. The molecule has 6 nitrogen and oxygen atoms in total. The van der Waals surface area contributed by atoms with Crippen molar-refractivity contribution in [3.8, 4) is 5.88 Å². The molecule has 6 heteroatoms. The molecule has 1 aromatic carbocycles. The third-order valence-corrected chi connectivity index (χ3v) is 4.29. The van der Waals surface area contributed by atoms with Crippen LogP contribution in [0.1, 0.15) is 17.4 Å². The monoisotopic (exact) mass is 324 g/mol. The van der Waals surface area contributed by atoms with E-state index in [2.05, 4.69) is 32.0 Å². The van der Waals surface area contributed by atoms with Crippen LogP contribution in [0.25, 0.3) is 11.0 Å². The number of hydrogen-bond donors (Lipinski definition) is 1. The average Bonchev–Trinajstić information content (AvgIpc) is 3.02. The molecule has 0 aliphatic carbocycles. The lowest BCUT2D eigenvalue weighted by Crippen LogP contribution is -2.32. The topological polar surface area (TPSA) is 61.2 Å². The molecule has 1 N–H and O–H groups in total. The summed E-state index contributed by atoms with van der Waals surface area (Å²) in [6, 6.07) is 12.4. The third kappa shape index (κ3) is 2.86. The van der Waals surface area contributed by atoms with Gasteiger partial charge in [-0.1, -0.05) is 18.2 Å². The summed E-state index contributed by atoms with van der Waals surface area (Å²) in [6.45, 7) is 2.85. The van der Waals surface area contributed by atoms with Crippen LogP contribution < -0.4 is 10.1 Å². The van der Waals surface area contributed by atoms with Gasteiger partial charge < -0.3 is 19.4 Å². The summed E-state index contributed by atoms with van der Waals surface area (Å²) >= 11 is 0. The molecule has 1 aliphatic heterocycles. The second kappa shape index (κ2) is 6.59. The number of rotatable bonds is 5. The minimum atomic E-state index is 0.243. The van der Waals surface area contributed by atoms with E-state index in [-0.39, 0.29) is 6.04 Å². The highest BCUT2D eigenvalue weighted by Crippen LogP contribution is 2.25. The van der Waals surface area contributed by atoms with Crippen LogP contribution in [0.15, 0.2) is 42.6 Å². The Balaban J connectivity index is 1.46. The van der Waals surface area contributed by atoms with Crippen molar-refractivity contribution in [1.82, 2.24) is 19.9 Å². The Morgan fingerprint density at radius 3 is 3.04 bits per heavy atom. The first kappa shape index (κ1) is 15.1. The Bertz CT molecular complexity index is 829. The van der Waals surface area contributed by atoms with Gasteiger partial charge in [0.25, 0.3) is 0 Å². The van der Waals surface area contributed by atoms with Crippen molar-refractivity contribution in [1.29, 1.82) is 0 Å². The number of pyridine rings is 1. The van der Waals surface area contributed by atoms with Crippen molar-refractivity contribution in [3.63, 3.8) is 0 Å². The van der Waals surface area contributed by atoms with Crippen LogP contribution in [0, 0.1) is 0 Å². The number of nitrogens with zero attached hydrogens (tertiary/aromatic N) is 3. The first-order valence-corrected chi connectivity index (χ1v) is 8.08. The summed E-state index contributed by atoms with van der Waals surface area (Å²) in [4.78, 5) is 8.90. The van der Waals surface area contributed by atoms with Gasteiger partial charge >= 0.3 is 0 Å². The summed E-state index contributed by atoms with van der Waals surface area (Å²) in [5, 5.41) is 3.49. The Kier molecular flexibility index (Phi) is 4.15. The van der Waals surface area contributed by atoms with Gasteiger partial charge in [-0.05, 0) is 17.7 Å². The van der Waals surface area contributed by atoms with Gasteiger partial charge in [0.15, 0.2) is 0 Å². The van der Waals surface area contributed by atoms with Crippen LogP contribution in [0.5, 0.6) is 5.88 Å². The van der Waals surface area contributed by atoms with Gasteiger partial charge in [-0.25, -0.2) is 9.97 Å². The zero-order chi connectivity index (χ0) is 16.4. The number of ether oxygens (including phenoxy) is 2. The fourth-order valence-corrected chi connectivity index (χ4v) is 3.13. The number of nitrogens with one attached hydrogen (secondary N) is 1. The first-order valence-electron chi connectivity index (χ1n) is 8.08. The van der Waals surface area contributed by atoms with E-state index in [0.717, 1.165) is 30.0 Å². The SMILES string of the molecule is COc1ccc(CNC[C@H]2COCc3nc4ccccc4n32)cn1. The summed E-state index contributed by atoms with van der Waals surface area (Å²) < 4.78 is 13.1. The normalized spacial score (nSPS) is 17.0. The van der Waals surface area contributed by atoms with Gasteiger partial charge in [-0.2, -0.15) is 0 Å². The van der Waals surface area contributed by atoms with Crippen LogP contribution >= 0.6 is 0 Å². The molecule has 1 atom stereocenters. The van der Waals surface area contributed by atoms with Gasteiger partial charge in [0, 0.05) is 25.4 Å². The van der Waals surface area contributed by atoms with E-state index in [1.165, 1.54) is 5.52 Å². The van der Waals surface area contributed by atoms with Gasteiger partial charge in [0.1, 0.15) is 12.4 Å². The van der Waals surface area contributed by atoms with Crippen molar-refractivity contribution in [2.45, 2.75) is 19.2 Å². The predicted octanol–water partition coefficient (Wildman–Crippen LogP) is 2.30. The lowest BCUT2D eigenvalue weighted by molar-refractivity contribution is 0.0564. The lowest BCUT2D eigenvalue weighted by Gasteiger charge is -2.26. The summed E-state index contributed by atoms with van der Waals surface area (Å²) in [5.41, 5.74) is 3.33. The molecule has 2 aromatic heterocycles. The highest BCUT2D eigenvalue weighted by atomic mass is 16.5. The number of imidazole rings is 1. The van der Waals surface area contributed by atoms with E-state index in [0.29, 0.717) is 19.1 Å². The predicted molar refractivity (Wildman–Crippen MR) is 90.9 cm³/mol. The molecule has 0 saturated heterocycles. The number of benzene rings is 1. The molecule has 24 heavy (non-hydrogen) atoms. The highest BCUT2D eigenvalue weighted by molar-refractivity contribution is 5.76. The average molecular weight is 324 g/mol. The molecule has 0 unspecified atom stereocenters. The summed E-state index contributed by atoms with van der Waals surface area (Å²) in [6.07, 6.45) is 1.83. The van der Waals surface area contributed by atoms with Crippen molar-refractivity contribution in [2.75, 3.05) is 20.3 Å². The van der Waals surface area contributed by atoms with E-state index >= 15 is 0 Å². The van der Waals surface area contributed by atoms with Crippen LogP contribution in [-0.4, -0.2) is 34.8 Å². The molecule has 0 radical (unpaired) electrons. The van der Waals surface area contributed by atoms with E-state index in [1.807, 2.05) is 30.5 Å². The van der Waals surface area contributed by atoms with Gasteiger partial charge in [0.05, 0.1) is 30.8 Å². The van der Waals surface area contributed by atoms with E-state index in [1.54, 1.807) is 7.11 Å². The molecule has 0 fully saturated rings. The molecule has 0 saturated carbocycles. The number of methoxy groups -OCH3 is 1. The molecule has 0 bridgehead atoms. The highest BCUT2D eigenvalue weighted by Gasteiger charge is 2.23. The second-order valence-electron chi connectivity index (χ2n) is 5.90. The smallest absolute Gasteiger partial charge is 0.212 e. The maximum Gasteiger partial charge on any atom is 0.212 e. The lowest BCUT2D eigenvalue weighted by atomic mass is 10.2. The Labute approximate surface area is 140 Å². The molecule has 3 heterocycles. The fraction of sp³-hybridized carbons (Fsp3) is 0.333. The Morgan fingerprint density at radius 2 is 2.21 bits per heavy atom. The number of fused-ring (bicyclic) bond motifs is 3. The molecule has 124 valence electrons. The van der Waals surface area contributed by atoms with Gasteiger partial charge in [-0.15, -0.1) is 0 Å². The molecule has 0 spiro atoms. The molecular formula is C18H20N4O2. The molecule has 3 aromatic rings. The molecule has 0 amide bonds. The van der Waals surface area contributed by atoms with Crippen molar-refractivity contribution < 1.29 is 9.47 Å². The van der Waals surface area contributed by atoms with Crippen LogP contribution in [-0.2, 0) is 17.9 Å². The standard InChI is InChI=1S/C18H20N4O2/c1-23-18-7-6-13(9-20-18)8-19-10-14-11-24-12-17-21-15-4-2-3-5-16(15)22(14)17/h2-7,9,14,19H,8,10-12H2,1H3/t14-/m0/s1. The Hall–Kier alpha value is -2.44. The summed E-state index contributed by atoms with van der Waals surface area (Å²) in [7, 11) is 1.62. The van der Waals surface area contributed by atoms with Crippen LogP contribution in [0.4, 0.5) is 0 Å². The molecule has 1 aliphatic rings. The third-order valence-electron chi connectivity index (χ3n) is 4.29. The molecular weight excluding hydrogens is 304 g/mol. The maximum absolute atomic E-state index is 5.72. The van der Waals surface area contributed by atoms with E-state index in [9.17, 15) is 0 Å². The first-order chi connectivity index (χ1) is 11.8. The largest absolute Gasteiger partial charge is 0.481 e. The van der Waals surface area contributed by atoms with Crippen LogP contribution in [0.2, 0.25) is 0 Å². The zero-order valence-corrected chi connectivity index (χ0v) is 13.6. The minimum Gasteiger partial charge on any atom is -0.481 e. The quantitative estimate of drug-likeness (QED) is 0.780. The van der Waals surface area contributed by atoms with E-state index < -0.39 is 0 Å². The second-order valence-corrected chi connectivity index (χ2v) is 5.90. The number of hydrogen-bond acceptors (Lipinski definition) is 5. The minimum absolute atomic E-state index is 0.243. The van der Waals surface area contributed by atoms with Crippen molar-refractivity contribution >= 4 is 11.0 Å². The number of aromatic nitrogens is 3. The van der Waals surface area contributed by atoms with Crippen molar-refractivity contribution in [3.05, 3.63) is 54.0 Å². The molecule has 4 rings (SSSR count). The zero-order valence-electron chi connectivity index (χ0n) is 13.6. The van der Waals surface area contributed by atoms with Gasteiger partial charge in [-0.3, -0.25) is 0 Å². The van der Waals surface area contributed by atoms with Crippen molar-refractivity contribution in [2.24, 2.45) is 0 Å². The van der Waals surface area contributed by atoms with E-state index in [4.69, 9.17) is 9.47 Å². The maximum atomic E-state index is 5.72.